The van der Waals surface area contributed by atoms with Gasteiger partial charge in [-0.15, -0.1) is 0 Å². The van der Waals surface area contributed by atoms with Crippen LogP contribution in [0.15, 0.2) is 59.2 Å². The van der Waals surface area contributed by atoms with Gasteiger partial charge >= 0.3 is 5.97 Å². The summed E-state index contributed by atoms with van der Waals surface area (Å²) in [5, 5.41) is 0. The van der Waals surface area contributed by atoms with Crippen LogP contribution in [0.4, 0.5) is 0 Å². The second-order valence-electron chi connectivity index (χ2n) is 6.27. The maximum absolute atomic E-state index is 12.5. The standard InChI is InChI=1S/C22H22O5/c1-4-27-22(26)15(3)9-7-8-14(2)12-13-18-19(23)16-10-5-6-11-17(16)20(24)21(18)25/h5-6,9-13H,4,7-8H2,1-3H3/b14-12+,15-9+,18-13+. The fourth-order valence-corrected chi connectivity index (χ4v) is 2.68. The van der Waals surface area contributed by atoms with Crippen LogP contribution in [0.2, 0.25) is 0 Å². The number of esters is 1. The zero-order valence-electron chi connectivity index (χ0n) is 15.7. The lowest BCUT2D eigenvalue weighted by Crippen LogP contribution is -2.29. The number of ether oxygens (including phenoxy) is 1. The molecule has 0 saturated carbocycles. The van der Waals surface area contributed by atoms with E-state index in [1.54, 1.807) is 44.2 Å². The summed E-state index contributed by atoms with van der Waals surface area (Å²) >= 11 is 0. The average Bonchev–Trinajstić information content (AvgIpc) is 2.66. The van der Waals surface area contributed by atoms with Gasteiger partial charge in [-0.3, -0.25) is 14.4 Å². The summed E-state index contributed by atoms with van der Waals surface area (Å²) in [4.78, 5) is 48.4. The number of carbonyl (C=O) groups is 4. The molecular weight excluding hydrogens is 344 g/mol. The third-order valence-electron chi connectivity index (χ3n) is 4.23. The molecule has 0 amide bonds. The summed E-state index contributed by atoms with van der Waals surface area (Å²) in [6.07, 6.45) is 6.14. The molecule has 5 heteroatoms. The van der Waals surface area contributed by atoms with Crippen molar-refractivity contribution in [2.24, 2.45) is 0 Å². The molecule has 140 valence electrons. The van der Waals surface area contributed by atoms with Gasteiger partial charge in [0.1, 0.15) is 0 Å². The highest BCUT2D eigenvalue weighted by atomic mass is 16.5. The molecule has 1 aromatic carbocycles. The Kier molecular flexibility index (Phi) is 6.77. The van der Waals surface area contributed by atoms with E-state index in [-0.39, 0.29) is 22.7 Å². The highest BCUT2D eigenvalue weighted by Crippen LogP contribution is 2.23. The number of rotatable bonds is 6. The van der Waals surface area contributed by atoms with Crippen LogP contribution in [0.3, 0.4) is 0 Å². The van der Waals surface area contributed by atoms with Crippen LogP contribution in [0.1, 0.15) is 54.3 Å². The largest absolute Gasteiger partial charge is 0.463 e. The Hall–Kier alpha value is -3.08. The van der Waals surface area contributed by atoms with E-state index in [0.29, 0.717) is 25.0 Å². The minimum Gasteiger partial charge on any atom is -0.463 e. The minimum atomic E-state index is -0.777. The Morgan fingerprint density at radius 1 is 1.00 bits per heavy atom. The van der Waals surface area contributed by atoms with Crippen LogP contribution < -0.4 is 0 Å². The average molecular weight is 366 g/mol. The van der Waals surface area contributed by atoms with E-state index in [4.69, 9.17) is 4.74 Å². The molecule has 0 spiro atoms. The lowest BCUT2D eigenvalue weighted by atomic mass is 9.84. The molecule has 0 radical (unpaired) electrons. The molecule has 0 unspecified atom stereocenters. The van der Waals surface area contributed by atoms with Gasteiger partial charge in [-0.05, 0) is 39.7 Å². The maximum atomic E-state index is 12.5. The van der Waals surface area contributed by atoms with E-state index < -0.39 is 17.3 Å². The molecule has 5 nitrogen and oxygen atoms in total. The van der Waals surface area contributed by atoms with Crippen molar-refractivity contribution < 1.29 is 23.9 Å². The molecule has 2 rings (SSSR count). The Morgan fingerprint density at radius 2 is 1.63 bits per heavy atom. The third-order valence-corrected chi connectivity index (χ3v) is 4.23. The summed E-state index contributed by atoms with van der Waals surface area (Å²) in [5.74, 6) is -2.20. The number of allylic oxidation sites excluding steroid dienone is 5. The fourth-order valence-electron chi connectivity index (χ4n) is 2.68. The number of hydrogen-bond acceptors (Lipinski definition) is 5. The lowest BCUT2D eigenvalue weighted by molar-refractivity contribution is -0.138. The predicted molar refractivity (Wildman–Crippen MR) is 102 cm³/mol. The molecular formula is C22H22O5. The third kappa shape index (κ3) is 4.76. The summed E-state index contributed by atoms with van der Waals surface area (Å²) in [7, 11) is 0. The van der Waals surface area contributed by atoms with Gasteiger partial charge in [-0.1, -0.05) is 42.0 Å². The first-order chi connectivity index (χ1) is 12.9. The summed E-state index contributed by atoms with van der Waals surface area (Å²) in [6, 6.07) is 6.33. The van der Waals surface area contributed by atoms with Gasteiger partial charge in [0.05, 0.1) is 12.2 Å². The molecule has 0 aromatic heterocycles. The molecule has 0 aliphatic heterocycles. The molecule has 0 fully saturated rings. The van der Waals surface area contributed by atoms with Crippen LogP contribution in [-0.2, 0) is 14.3 Å². The van der Waals surface area contributed by atoms with Gasteiger partial charge in [0.15, 0.2) is 5.78 Å². The second kappa shape index (κ2) is 9.03. The number of fused-ring (bicyclic) bond motifs is 1. The van der Waals surface area contributed by atoms with E-state index in [9.17, 15) is 19.2 Å². The molecule has 0 saturated heterocycles. The Bertz CT molecular complexity index is 884. The van der Waals surface area contributed by atoms with Gasteiger partial charge in [0.25, 0.3) is 0 Å². The first-order valence-electron chi connectivity index (χ1n) is 8.80. The van der Waals surface area contributed by atoms with Crippen molar-refractivity contribution in [3.8, 4) is 0 Å². The normalized spacial score (nSPS) is 16.6. The Morgan fingerprint density at radius 3 is 2.26 bits per heavy atom. The van der Waals surface area contributed by atoms with Crippen LogP contribution in [0, 0.1) is 0 Å². The van der Waals surface area contributed by atoms with E-state index in [2.05, 4.69) is 0 Å². The van der Waals surface area contributed by atoms with Crippen LogP contribution >= 0.6 is 0 Å². The second-order valence-corrected chi connectivity index (χ2v) is 6.27. The zero-order valence-corrected chi connectivity index (χ0v) is 15.7. The maximum Gasteiger partial charge on any atom is 0.333 e. The van der Waals surface area contributed by atoms with Crippen molar-refractivity contribution in [2.45, 2.75) is 33.6 Å². The molecule has 0 N–H and O–H groups in total. The highest BCUT2D eigenvalue weighted by Gasteiger charge is 2.34. The van der Waals surface area contributed by atoms with Crippen molar-refractivity contribution >= 4 is 23.3 Å². The van der Waals surface area contributed by atoms with Crippen molar-refractivity contribution in [2.75, 3.05) is 6.61 Å². The van der Waals surface area contributed by atoms with E-state index in [1.165, 1.54) is 12.1 Å². The summed E-state index contributed by atoms with van der Waals surface area (Å²) < 4.78 is 4.91. The van der Waals surface area contributed by atoms with Crippen molar-refractivity contribution in [3.63, 3.8) is 0 Å². The predicted octanol–water partition coefficient (Wildman–Crippen LogP) is 3.80. The van der Waals surface area contributed by atoms with Crippen molar-refractivity contribution in [1.29, 1.82) is 0 Å². The quantitative estimate of drug-likeness (QED) is 0.331. The minimum absolute atomic E-state index is 0.115. The van der Waals surface area contributed by atoms with Crippen molar-refractivity contribution in [3.05, 3.63) is 70.3 Å². The molecule has 27 heavy (non-hydrogen) atoms. The number of carbonyl (C=O) groups excluding carboxylic acids is 4. The zero-order chi connectivity index (χ0) is 20.0. The monoisotopic (exact) mass is 366 g/mol. The lowest BCUT2D eigenvalue weighted by Gasteiger charge is -2.14. The smallest absolute Gasteiger partial charge is 0.333 e. The van der Waals surface area contributed by atoms with Crippen molar-refractivity contribution in [1.82, 2.24) is 0 Å². The van der Waals surface area contributed by atoms with E-state index >= 15 is 0 Å². The van der Waals surface area contributed by atoms with Gasteiger partial charge in [0, 0.05) is 16.7 Å². The van der Waals surface area contributed by atoms with Gasteiger partial charge < -0.3 is 4.74 Å². The Balaban J connectivity index is 2.11. The van der Waals surface area contributed by atoms with Gasteiger partial charge in [-0.25, -0.2) is 4.79 Å². The van der Waals surface area contributed by atoms with E-state index in [1.807, 2.05) is 6.92 Å². The molecule has 1 aliphatic carbocycles. The SMILES string of the molecule is CCOC(=O)/C(C)=C/CC/C(C)=C/C=C1/C(=O)C(=O)c2ccccc2C1=O. The highest BCUT2D eigenvalue weighted by molar-refractivity contribution is 6.59. The summed E-state index contributed by atoms with van der Waals surface area (Å²) in [6.45, 7) is 5.64. The molecule has 0 bridgehead atoms. The van der Waals surface area contributed by atoms with Gasteiger partial charge in [0.2, 0.25) is 11.6 Å². The number of benzene rings is 1. The van der Waals surface area contributed by atoms with E-state index in [0.717, 1.165) is 5.57 Å². The van der Waals surface area contributed by atoms with Crippen LogP contribution in [-0.4, -0.2) is 29.9 Å². The number of Topliss-reactive ketones (excluding diaryl/α,β-unsaturated/α-hetero) is 3. The molecule has 0 heterocycles. The summed E-state index contributed by atoms with van der Waals surface area (Å²) in [5.41, 5.74) is 1.76. The first-order valence-corrected chi connectivity index (χ1v) is 8.80. The molecule has 1 aliphatic rings. The number of ketones is 3. The fraction of sp³-hybridized carbons (Fsp3) is 0.273. The van der Waals surface area contributed by atoms with Gasteiger partial charge in [-0.2, -0.15) is 0 Å². The number of hydrogen-bond donors (Lipinski definition) is 0. The molecule has 1 aromatic rings. The first kappa shape index (κ1) is 20.2. The topological polar surface area (TPSA) is 77.5 Å². The molecule has 0 atom stereocenters. The Labute approximate surface area is 158 Å². The van der Waals surface area contributed by atoms with Crippen LogP contribution in [0.5, 0.6) is 0 Å². The van der Waals surface area contributed by atoms with Crippen LogP contribution in [0.25, 0.3) is 0 Å².